The third-order valence-corrected chi connectivity index (χ3v) is 4.02. The van der Waals surface area contributed by atoms with E-state index in [1.54, 1.807) is 0 Å². The van der Waals surface area contributed by atoms with Gasteiger partial charge in [-0.3, -0.25) is 0 Å². The molecule has 0 aromatic heterocycles. The van der Waals surface area contributed by atoms with Gasteiger partial charge in [0.2, 0.25) is 0 Å². The molecule has 2 atom stereocenters. The van der Waals surface area contributed by atoms with Crippen LogP contribution < -0.4 is 10.1 Å². The Morgan fingerprint density at radius 2 is 1.90 bits per heavy atom. The summed E-state index contributed by atoms with van der Waals surface area (Å²) in [5.74, 6) is 1.13. The molecule has 1 aromatic rings. The number of hydrogen-bond acceptors (Lipinski definition) is 2. The van der Waals surface area contributed by atoms with Gasteiger partial charge < -0.3 is 10.1 Å². The van der Waals surface area contributed by atoms with E-state index >= 15 is 0 Å². The van der Waals surface area contributed by atoms with Crippen molar-refractivity contribution in [1.29, 1.82) is 0 Å². The van der Waals surface area contributed by atoms with Crippen LogP contribution in [-0.4, -0.2) is 12.6 Å². The number of benzene rings is 1. The molecular weight excluding hydrogens is 246 g/mol. The van der Waals surface area contributed by atoms with Crippen molar-refractivity contribution >= 4 is 0 Å². The fourth-order valence-electron chi connectivity index (χ4n) is 2.99. The SMILES string of the molecule is CCCNC1c2cccc(C(C)(C)C)c2OC1CCC. The molecule has 2 heteroatoms. The van der Waals surface area contributed by atoms with Crippen LogP contribution in [0.25, 0.3) is 0 Å². The highest BCUT2D eigenvalue weighted by Crippen LogP contribution is 2.44. The lowest BCUT2D eigenvalue weighted by molar-refractivity contribution is 0.175. The van der Waals surface area contributed by atoms with Crippen molar-refractivity contribution in [3.05, 3.63) is 29.3 Å². The van der Waals surface area contributed by atoms with Crippen LogP contribution in [0, 0.1) is 0 Å². The average molecular weight is 275 g/mol. The van der Waals surface area contributed by atoms with E-state index in [-0.39, 0.29) is 11.5 Å². The van der Waals surface area contributed by atoms with Gasteiger partial charge in [-0.25, -0.2) is 0 Å². The van der Waals surface area contributed by atoms with Crippen molar-refractivity contribution in [1.82, 2.24) is 5.32 Å². The molecule has 1 aromatic carbocycles. The summed E-state index contributed by atoms with van der Waals surface area (Å²) in [6.07, 6.45) is 3.71. The van der Waals surface area contributed by atoms with E-state index in [1.165, 1.54) is 11.1 Å². The van der Waals surface area contributed by atoms with Crippen LogP contribution in [0.2, 0.25) is 0 Å². The van der Waals surface area contributed by atoms with Crippen LogP contribution in [0.5, 0.6) is 5.75 Å². The zero-order chi connectivity index (χ0) is 14.8. The molecule has 0 bridgehead atoms. The summed E-state index contributed by atoms with van der Waals surface area (Å²) in [5.41, 5.74) is 2.81. The van der Waals surface area contributed by atoms with Crippen molar-refractivity contribution in [2.24, 2.45) is 0 Å². The molecule has 0 amide bonds. The third-order valence-electron chi connectivity index (χ3n) is 4.02. The van der Waals surface area contributed by atoms with Crippen LogP contribution in [0.3, 0.4) is 0 Å². The maximum atomic E-state index is 6.35. The van der Waals surface area contributed by atoms with E-state index < -0.39 is 0 Å². The van der Waals surface area contributed by atoms with Gasteiger partial charge in [-0.05, 0) is 30.4 Å². The van der Waals surface area contributed by atoms with Gasteiger partial charge >= 0.3 is 0 Å². The zero-order valence-corrected chi connectivity index (χ0v) is 13.6. The van der Waals surface area contributed by atoms with Gasteiger partial charge in [0.1, 0.15) is 11.9 Å². The molecule has 1 heterocycles. The molecule has 1 N–H and O–H groups in total. The normalized spacial score (nSPS) is 21.6. The lowest BCUT2D eigenvalue weighted by Crippen LogP contribution is -2.31. The number of rotatable bonds is 5. The van der Waals surface area contributed by atoms with Gasteiger partial charge in [0, 0.05) is 5.56 Å². The minimum atomic E-state index is 0.127. The Labute approximate surface area is 123 Å². The standard InChI is InChI=1S/C18H29NO/c1-6-9-15-16(19-12-7-2)13-10-8-11-14(17(13)20-15)18(3,4)5/h8,10-11,15-16,19H,6-7,9,12H2,1-5H3. The molecule has 1 aliphatic rings. The van der Waals surface area contributed by atoms with Crippen LogP contribution >= 0.6 is 0 Å². The Balaban J connectivity index is 2.36. The van der Waals surface area contributed by atoms with Gasteiger partial charge in [-0.15, -0.1) is 0 Å². The number of para-hydroxylation sites is 1. The number of ether oxygens (including phenoxy) is 1. The predicted octanol–water partition coefficient (Wildman–Crippen LogP) is 4.59. The van der Waals surface area contributed by atoms with Crippen LogP contribution in [0.4, 0.5) is 0 Å². The molecule has 0 spiro atoms. The van der Waals surface area contributed by atoms with Crippen molar-refractivity contribution in [2.75, 3.05) is 6.54 Å². The molecule has 0 saturated carbocycles. The molecule has 20 heavy (non-hydrogen) atoms. The summed E-state index contributed by atoms with van der Waals surface area (Å²) < 4.78 is 6.35. The summed E-state index contributed by atoms with van der Waals surface area (Å²) in [6.45, 7) is 12.3. The second-order valence-corrected chi connectivity index (χ2v) is 6.85. The summed E-state index contributed by atoms with van der Waals surface area (Å²) in [4.78, 5) is 0. The van der Waals surface area contributed by atoms with E-state index in [0.717, 1.165) is 31.6 Å². The second-order valence-electron chi connectivity index (χ2n) is 6.85. The first-order valence-electron chi connectivity index (χ1n) is 8.02. The van der Waals surface area contributed by atoms with Gasteiger partial charge in [-0.2, -0.15) is 0 Å². The molecule has 2 nitrogen and oxygen atoms in total. The van der Waals surface area contributed by atoms with Crippen molar-refractivity contribution in [3.8, 4) is 5.75 Å². The van der Waals surface area contributed by atoms with Gasteiger partial charge in [0.05, 0.1) is 6.04 Å². The van der Waals surface area contributed by atoms with E-state index in [9.17, 15) is 0 Å². The van der Waals surface area contributed by atoms with Crippen molar-refractivity contribution in [2.45, 2.75) is 71.4 Å². The lowest BCUT2D eigenvalue weighted by atomic mass is 9.84. The third kappa shape index (κ3) is 3.01. The first-order valence-corrected chi connectivity index (χ1v) is 8.02. The van der Waals surface area contributed by atoms with E-state index in [4.69, 9.17) is 4.74 Å². The molecule has 2 unspecified atom stereocenters. The summed E-state index contributed by atoms with van der Waals surface area (Å²) in [6, 6.07) is 6.97. The highest BCUT2D eigenvalue weighted by molar-refractivity contribution is 5.49. The smallest absolute Gasteiger partial charge is 0.128 e. The van der Waals surface area contributed by atoms with Gasteiger partial charge in [0.25, 0.3) is 0 Å². The van der Waals surface area contributed by atoms with Crippen LogP contribution in [0.15, 0.2) is 18.2 Å². The molecule has 0 fully saturated rings. The number of fused-ring (bicyclic) bond motifs is 1. The highest BCUT2D eigenvalue weighted by Gasteiger charge is 2.36. The number of nitrogens with one attached hydrogen (secondary N) is 1. The van der Waals surface area contributed by atoms with Crippen LogP contribution in [-0.2, 0) is 5.41 Å². The molecule has 112 valence electrons. The fraction of sp³-hybridized carbons (Fsp3) is 0.667. The molecule has 1 aliphatic heterocycles. The summed E-state index contributed by atoms with van der Waals surface area (Å²) in [7, 11) is 0. The van der Waals surface area contributed by atoms with E-state index in [2.05, 4.69) is 58.1 Å². The highest BCUT2D eigenvalue weighted by atomic mass is 16.5. The van der Waals surface area contributed by atoms with Crippen molar-refractivity contribution in [3.63, 3.8) is 0 Å². The van der Waals surface area contributed by atoms with E-state index in [0.29, 0.717) is 6.04 Å². The molecule has 2 rings (SSSR count). The zero-order valence-electron chi connectivity index (χ0n) is 13.6. The van der Waals surface area contributed by atoms with Gasteiger partial charge in [-0.1, -0.05) is 59.2 Å². The Morgan fingerprint density at radius 1 is 1.15 bits per heavy atom. The average Bonchev–Trinajstić information content (AvgIpc) is 2.73. The van der Waals surface area contributed by atoms with Crippen LogP contribution in [0.1, 0.15) is 71.0 Å². The van der Waals surface area contributed by atoms with E-state index in [1.807, 2.05) is 0 Å². The van der Waals surface area contributed by atoms with Gasteiger partial charge in [0.15, 0.2) is 0 Å². The summed E-state index contributed by atoms with van der Waals surface area (Å²) in [5, 5.41) is 3.68. The first kappa shape index (κ1) is 15.4. The Bertz CT molecular complexity index is 447. The molecular formula is C18H29NO. The fourth-order valence-corrected chi connectivity index (χ4v) is 2.99. The minimum Gasteiger partial charge on any atom is -0.488 e. The Kier molecular flexibility index (Phi) is 4.74. The molecule has 0 radical (unpaired) electrons. The Hall–Kier alpha value is -1.02. The molecule has 0 aliphatic carbocycles. The quantitative estimate of drug-likeness (QED) is 0.849. The monoisotopic (exact) mass is 275 g/mol. The minimum absolute atomic E-state index is 0.127. The Morgan fingerprint density at radius 3 is 2.50 bits per heavy atom. The van der Waals surface area contributed by atoms with Crippen molar-refractivity contribution < 1.29 is 4.74 Å². The molecule has 0 saturated heterocycles. The predicted molar refractivity (Wildman–Crippen MR) is 85.5 cm³/mol. The second kappa shape index (κ2) is 6.17. The topological polar surface area (TPSA) is 21.3 Å². The lowest BCUT2D eigenvalue weighted by Gasteiger charge is -2.22. The first-order chi connectivity index (χ1) is 9.49. The maximum Gasteiger partial charge on any atom is 0.128 e. The summed E-state index contributed by atoms with van der Waals surface area (Å²) >= 11 is 0. The number of hydrogen-bond donors (Lipinski definition) is 1. The largest absolute Gasteiger partial charge is 0.488 e. The maximum absolute atomic E-state index is 6.35.